The molecule has 1 saturated carbocycles. The Hall–Kier alpha value is 0.160. The van der Waals surface area contributed by atoms with E-state index in [2.05, 4.69) is 4.72 Å². The highest BCUT2D eigenvalue weighted by molar-refractivity contribution is 7.87. The van der Waals surface area contributed by atoms with Crippen LogP contribution < -0.4 is 4.72 Å². The third-order valence-corrected chi connectivity index (χ3v) is 5.92. The highest BCUT2D eigenvalue weighted by Crippen LogP contribution is 2.32. The summed E-state index contributed by atoms with van der Waals surface area (Å²) in [5, 5.41) is 0. The zero-order valence-electron chi connectivity index (χ0n) is 10.1. The molecule has 2 unspecified atom stereocenters. The van der Waals surface area contributed by atoms with Crippen molar-refractivity contribution >= 4 is 21.8 Å². The van der Waals surface area contributed by atoms with E-state index in [4.69, 9.17) is 11.6 Å². The van der Waals surface area contributed by atoms with Crippen LogP contribution in [0, 0.1) is 11.8 Å². The molecule has 6 heteroatoms. The van der Waals surface area contributed by atoms with Crippen LogP contribution in [-0.4, -0.2) is 38.2 Å². The molecular weight excluding hydrogens is 260 g/mol. The lowest BCUT2D eigenvalue weighted by Gasteiger charge is -2.21. The summed E-state index contributed by atoms with van der Waals surface area (Å²) in [4.78, 5) is 0. The van der Waals surface area contributed by atoms with Crippen molar-refractivity contribution in [2.24, 2.45) is 11.8 Å². The van der Waals surface area contributed by atoms with Crippen LogP contribution in [0.5, 0.6) is 0 Å². The second kappa shape index (κ2) is 5.87. The molecule has 0 bridgehead atoms. The van der Waals surface area contributed by atoms with Gasteiger partial charge in [0.1, 0.15) is 0 Å². The monoisotopic (exact) mass is 280 g/mol. The lowest BCUT2D eigenvalue weighted by Crippen LogP contribution is -2.41. The van der Waals surface area contributed by atoms with E-state index in [0.29, 0.717) is 37.4 Å². The molecule has 1 heterocycles. The van der Waals surface area contributed by atoms with Gasteiger partial charge in [0.15, 0.2) is 0 Å². The first kappa shape index (κ1) is 13.6. The molecule has 0 aromatic heterocycles. The van der Waals surface area contributed by atoms with Gasteiger partial charge in [0, 0.05) is 25.5 Å². The van der Waals surface area contributed by atoms with Crippen LogP contribution in [0.25, 0.3) is 0 Å². The summed E-state index contributed by atoms with van der Waals surface area (Å²) >= 11 is 5.89. The van der Waals surface area contributed by atoms with Gasteiger partial charge in [-0.2, -0.15) is 12.7 Å². The second-order valence-electron chi connectivity index (χ2n) is 5.07. The topological polar surface area (TPSA) is 49.4 Å². The number of nitrogens with one attached hydrogen (secondary N) is 1. The molecule has 1 N–H and O–H groups in total. The molecule has 17 heavy (non-hydrogen) atoms. The molecule has 0 aromatic rings. The van der Waals surface area contributed by atoms with Crippen LogP contribution in [0.1, 0.15) is 32.1 Å². The largest absolute Gasteiger partial charge is 0.279 e. The van der Waals surface area contributed by atoms with Gasteiger partial charge in [-0.1, -0.05) is 6.42 Å². The van der Waals surface area contributed by atoms with E-state index in [1.807, 2.05) is 0 Å². The quantitative estimate of drug-likeness (QED) is 0.777. The van der Waals surface area contributed by atoms with E-state index >= 15 is 0 Å². The predicted molar refractivity (Wildman–Crippen MR) is 69.3 cm³/mol. The lowest BCUT2D eigenvalue weighted by molar-refractivity contribution is 0.404. The fraction of sp³-hybridized carbons (Fsp3) is 1.00. The molecule has 1 saturated heterocycles. The van der Waals surface area contributed by atoms with Gasteiger partial charge in [0.25, 0.3) is 10.2 Å². The average molecular weight is 281 g/mol. The first-order valence-electron chi connectivity index (χ1n) is 6.44. The number of halogens is 1. The van der Waals surface area contributed by atoms with Crippen molar-refractivity contribution in [3.05, 3.63) is 0 Å². The van der Waals surface area contributed by atoms with Gasteiger partial charge in [0.2, 0.25) is 0 Å². The summed E-state index contributed by atoms with van der Waals surface area (Å²) in [6.45, 7) is 1.88. The minimum atomic E-state index is -3.24. The number of hydrogen-bond acceptors (Lipinski definition) is 2. The second-order valence-corrected chi connectivity index (χ2v) is 7.13. The molecular formula is C11H21ClN2O2S. The Balaban J connectivity index is 1.84. The molecule has 4 nitrogen and oxygen atoms in total. The third-order valence-electron chi connectivity index (χ3n) is 3.95. The summed E-state index contributed by atoms with van der Waals surface area (Å²) < 4.78 is 28.2. The van der Waals surface area contributed by atoms with Gasteiger partial charge in [-0.25, -0.2) is 4.72 Å². The van der Waals surface area contributed by atoms with E-state index in [-0.39, 0.29) is 0 Å². The summed E-state index contributed by atoms with van der Waals surface area (Å²) in [5.41, 5.74) is 0. The number of alkyl halides is 1. The van der Waals surface area contributed by atoms with Crippen LogP contribution >= 0.6 is 11.6 Å². The van der Waals surface area contributed by atoms with Crippen molar-refractivity contribution in [3.63, 3.8) is 0 Å². The van der Waals surface area contributed by atoms with Gasteiger partial charge in [-0.15, -0.1) is 11.6 Å². The maximum Gasteiger partial charge on any atom is 0.279 e. The minimum Gasteiger partial charge on any atom is -0.202 e. The highest BCUT2D eigenvalue weighted by Gasteiger charge is 2.30. The van der Waals surface area contributed by atoms with Crippen LogP contribution in [0.3, 0.4) is 0 Å². The third kappa shape index (κ3) is 3.34. The van der Waals surface area contributed by atoms with Crippen LogP contribution in [0.2, 0.25) is 0 Å². The first-order valence-corrected chi connectivity index (χ1v) is 8.41. The summed E-state index contributed by atoms with van der Waals surface area (Å²) in [5.74, 6) is 1.55. The Labute approximate surface area is 109 Å². The van der Waals surface area contributed by atoms with E-state index < -0.39 is 10.2 Å². The van der Waals surface area contributed by atoms with Crippen LogP contribution in [0.15, 0.2) is 0 Å². The summed E-state index contributed by atoms with van der Waals surface area (Å²) in [6, 6.07) is 0. The Kier molecular flexibility index (Phi) is 4.69. The molecule has 0 amide bonds. The van der Waals surface area contributed by atoms with Gasteiger partial charge >= 0.3 is 0 Å². The van der Waals surface area contributed by atoms with Gasteiger partial charge in [-0.05, 0) is 37.5 Å². The van der Waals surface area contributed by atoms with Crippen molar-refractivity contribution in [3.8, 4) is 0 Å². The average Bonchev–Trinajstić information content (AvgIpc) is 2.97. The van der Waals surface area contributed by atoms with Crippen molar-refractivity contribution < 1.29 is 8.42 Å². The molecule has 100 valence electrons. The minimum absolute atomic E-state index is 0.421. The fourth-order valence-electron chi connectivity index (χ4n) is 2.82. The van der Waals surface area contributed by atoms with Crippen molar-refractivity contribution in [1.29, 1.82) is 0 Å². The Morgan fingerprint density at radius 1 is 1.12 bits per heavy atom. The van der Waals surface area contributed by atoms with Crippen molar-refractivity contribution in [1.82, 2.24) is 9.03 Å². The maximum atomic E-state index is 12.0. The number of rotatable bonds is 5. The standard InChI is InChI=1S/C11H21ClN2O2S/c12-8-10-4-3-5-11(10)9-13-17(15,16)14-6-1-2-7-14/h10-11,13H,1-9H2. The van der Waals surface area contributed by atoms with Crippen molar-refractivity contribution in [2.45, 2.75) is 32.1 Å². The fourth-order valence-corrected chi connectivity index (χ4v) is 4.57. The summed E-state index contributed by atoms with van der Waals surface area (Å²) in [7, 11) is -3.24. The summed E-state index contributed by atoms with van der Waals surface area (Å²) in [6.07, 6.45) is 5.37. The molecule has 2 aliphatic rings. The smallest absolute Gasteiger partial charge is 0.202 e. The zero-order chi connectivity index (χ0) is 12.3. The van der Waals surface area contributed by atoms with E-state index in [9.17, 15) is 8.42 Å². The Morgan fingerprint density at radius 3 is 2.41 bits per heavy atom. The van der Waals surface area contributed by atoms with E-state index in [1.54, 1.807) is 4.31 Å². The molecule has 2 rings (SSSR count). The molecule has 1 aliphatic heterocycles. The number of nitrogens with zero attached hydrogens (tertiary/aromatic N) is 1. The molecule has 0 radical (unpaired) electrons. The van der Waals surface area contributed by atoms with Crippen LogP contribution in [0.4, 0.5) is 0 Å². The maximum absolute atomic E-state index is 12.0. The van der Waals surface area contributed by atoms with Crippen molar-refractivity contribution in [2.75, 3.05) is 25.5 Å². The lowest BCUT2D eigenvalue weighted by atomic mass is 9.98. The highest BCUT2D eigenvalue weighted by atomic mass is 35.5. The molecule has 2 atom stereocenters. The molecule has 0 spiro atoms. The molecule has 1 aliphatic carbocycles. The van der Waals surface area contributed by atoms with Gasteiger partial charge in [-0.3, -0.25) is 0 Å². The zero-order valence-corrected chi connectivity index (χ0v) is 11.6. The molecule has 0 aromatic carbocycles. The van der Waals surface area contributed by atoms with E-state index in [0.717, 1.165) is 25.7 Å². The van der Waals surface area contributed by atoms with Gasteiger partial charge < -0.3 is 0 Å². The SMILES string of the molecule is O=S(=O)(NCC1CCCC1CCl)N1CCCC1. The normalized spacial score (nSPS) is 31.1. The first-order chi connectivity index (χ1) is 8.13. The Bertz CT molecular complexity index is 341. The Morgan fingerprint density at radius 2 is 1.76 bits per heavy atom. The molecule has 2 fully saturated rings. The van der Waals surface area contributed by atoms with Gasteiger partial charge in [0.05, 0.1) is 0 Å². The van der Waals surface area contributed by atoms with E-state index in [1.165, 1.54) is 6.42 Å². The predicted octanol–water partition coefficient (Wildman–Crippen LogP) is 1.57. The van der Waals surface area contributed by atoms with Crippen LogP contribution in [-0.2, 0) is 10.2 Å². The number of hydrogen-bond donors (Lipinski definition) is 1.